The summed E-state index contributed by atoms with van der Waals surface area (Å²) in [6.07, 6.45) is -1.99. The molecule has 1 saturated heterocycles. The summed E-state index contributed by atoms with van der Waals surface area (Å²) < 4.78 is 38.5. The summed E-state index contributed by atoms with van der Waals surface area (Å²) in [6.45, 7) is 5.42. The molecule has 0 bridgehead atoms. The molecule has 0 aromatic rings. The summed E-state index contributed by atoms with van der Waals surface area (Å²) >= 11 is 0. The molecule has 2 fully saturated rings. The first-order chi connectivity index (χ1) is 9.75. The number of hydrogen-bond acceptors (Lipinski definition) is 2. The molecule has 6 heteroatoms. The van der Waals surface area contributed by atoms with Crippen molar-refractivity contribution in [3.8, 4) is 0 Å². The number of carbonyl (C=O) groups is 1. The number of alkyl halides is 3. The van der Waals surface area contributed by atoms with Crippen molar-refractivity contribution in [3.05, 3.63) is 0 Å². The Bertz CT molecular complexity index is 376. The second-order valence-electron chi connectivity index (χ2n) is 6.81. The van der Waals surface area contributed by atoms with Crippen LogP contribution in [0.25, 0.3) is 0 Å². The Morgan fingerprint density at radius 3 is 2.57 bits per heavy atom. The maximum absolute atomic E-state index is 12.8. The zero-order valence-electron chi connectivity index (χ0n) is 12.7. The van der Waals surface area contributed by atoms with Gasteiger partial charge in [0.1, 0.15) is 0 Å². The lowest BCUT2D eigenvalue weighted by molar-refractivity contribution is -0.184. The molecular formula is C15H25F3N2O. The van der Waals surface area contributed by atoms with Gasteiger partial charge in [-0.1, -0.05) is 20.3 Å². The van der Waals surface area contributed by atoms with Crippen molar-refractivity contribution in [1.29, 1.82) is 0 Å². The van der Waals surface area contributed by atoms with Gasteiger partial charge >= 0.3 is 6.18 Å². The minimum atomic E-state index is -4.14. The van der Waals surface area contributed by atoms with Crippen LogP contribution in [0.15, 0.2) is 0 Å². The van der Waals surface area contributed by atoms with Crippen LogP contribution in [0.1, 0.15) is 46.0 Å². The minimum Gasteiger partial charge on any atom is -0.353 e. The summed E-state index contributed by atoms with van der Waals surface area (Å²) in [5.41, 5.74) is -0.467. The van der Waals surface area contributed by atoms with Gasteiger partial charge in [0, 0.05) is 12.6 Å². The van der Waals surface area contributed by atoms with E-state index in [1.165, 1.54) is 0 Å². The molecule has 0 aromatic heterocycles. The zero-order valence-corrected chi connectivity index (χ0v) is 12.7. The van der Waals surface area contributed by atoms with Crippen molar-refractivity contribution in [2.75, 3.05) is 13.1 Å². The highest BCUT2D eigenvalue weighted by Gasteiger charge is 2.46. The third-order valence-electron chi connectivity index (χ3n) is 5.22. The second kappa shape index (κ2) is 6.15. The van der Waals surface area contributed by atoms with Crippen LogP contribution in [0.5, 0.6) is 0 Å². The summed E-state index contributed by atoms with van der Waals surface area (Å²) in [7, 11) is 0. The highest BCUT2D eigenvalue weighted by Crippen LogP contribution is 2.39. The van der Waals surface area contributed by atoms with E-state index in [0.29, 0.717) is 19.4 Å². The molecular weight excluding hydrogens is 281 g/mol. The van der Waals surface area contributed by atoms with Crippen molar-refractivity contribution >= 4 is 5.91 Å². The predicted octanol–water partition coefficient (Wildman–Crippen LogP) is 2.86. The van der Waals surface area contributed by atoms with Crippen molar-refractivity contribution in [2.45, 2.75) is 58.2 Å². The average Bonchev–Trinajstić information content (AvgIpc) is 2.88. The predicted molar refractivity (Wildman–Crippen MR) is 74.7 cm³/mol. The van der Waals surface area contributed by atoms with Gasteiger partial charge in [0.25, 0.3) is 0 Å². The molecule has 21 heavy (non-hydrogen) atoms. The first-order valence-electron chi connectivity index (χ1n) is 7.84. The second-order valence-corrected chi connectivity index (χ2v) is 6.81. The third kappa shape index (κ3) is 3.52. The standard InChI is InChI=1S/C15H25F3N2O/c1-10(2)14(6-7-19-9-14)13(21)20-12-5-3-4-11(8-12)15(16,17)18/h10-12,19H,3-9H2,1-2H3,(H,20,21). The smallest absolute Gasteiger partial charge is 0.353 e. The van der Waals surface area contributed by atoms with E-state index in [1.807, 2.05) is 13.8 Å². The summed E-state index contributed by atoms with van der Waals surface area (Å²) in [6, 6.07) is -0.339. The van der Waals surface area contributed by atoms with Crippen LogP contribution in [0.2, 0.25) is 0 Å². The lowest BCUT2D eigenvalue weighted by atomic mass is 9.75. The van der Waals surface area contributed by atoms with Gasteiger partial charge in [0.15, 0.2) is 0 Å². The van der Waals surface area contributed by atoms with E-state index in [2.05, 4.69) is 10.6 Å². The molecule has 2 N–H and O–H groups in total. The van der Waals surface area contributed by atoms with Crippen LogP contribution in [0.4, 0.5) is 13.2 Å². The van der Waals surface area contributed by atoms with Gasteiger partial charge in [0.05, 0.1) is 11.3 Å². The molecule has 0 spiro atoms. The largest absolute Gasteiger partial charge is 0.391 e. The van der Waals surface area contributed by atoms with Gasteiger partial charge in [0.2, 0.25) is 5.91 Å². The number of carbonyl (C=O) groups excluding carboxylic acids is 1. The lowest BCUT2D eigenvalue weighted by Gasteiger charge is -2.36. The first kappa shape index (κ1) is 16.6. The molecule has 2 rings (SSSR count). The van der Waals surface area contributed by atoms with Crippen molar-refractivity contribution in [2.24, 2.45) is 17.3 Å². The number of nitrogens with one attached hydrogen (secondary N) is 2. The fourth-order valence-electron chi connectivity index (χ4n) is 3.61. The lowest BCUT2D eigenvalue weighted by Crippen LogP contribution is -2.51. The summed E-state index contributed by atoms with van der Waals surface area (Å²) in [5.74, 6) is -1.17. The SMILES string of the molecule is CC(C)C1(C(=O)NC2CCCC(C(F)(F)F)C2)CCNC1. The molecule has 1 amide bonds. The molecule has 3 atom stereocenters. The van der Waals surface area contributed by atoms with Gasteiger partial charge in [-0.3, -0.25) is 4.79 Å². The highest BCUT2D eigenvalue weighted by molar-refractivity contribution is 5.83. The van der Waals surface area contributed by atoms with E-state index in [1.54, 1.807) is 0 Å². The number of halogens is 3. The first-order valence-corrected chi connectivity index (χ1v) is 7.84. The Morgan fingerprint density at radius 2 is 2.05 bits per heavy atom. The van der Waals surface area contributed by atoms with E-state index in [0.717, 1.165) is 13.0 Å². The van der Waals surface area contributed by atoms with Gasteiger partial charge in [-0.25, -0.2) is 0 Å². The van der Waals surface area contributed by atoms with Crippen molar-refractivity contribution in [3.63, 3.8) is 0 Å². The molecule has 2 aliphatic rings. The van der Waals surface area contributed by atoms with Crippen molar-refractivity contribution in [1.82, 2.24) is 10.6 Å². The average molecular weight is 306 g/mol. The van der Waals surface area contributed by atoms with E-state index in [-0.39, 0.29) is 30.7 Å². The zero-order chi connectivity index (χ0) is 15.7. The Kier molecular flexibility index (Phi) is 4.85. The van der Waals surface area contributed by atoms with E-state index in [9.17, 15) is 18.0 Å². The molecule has 1 heterocycles. The van der Waals surface area contributed by atoms with Gasteiger partial charge in [-0.15, -0.1) is 0 Å². The molecule has 0 aromatic carbocycles. The van der Waals surface area contributed by atoms with Crippen LogP contribution in [-0.4, -0.2) is 31.2 Å². The molecule has 1 saturated carbocycles. The maximum atomic E-state index is 12.8. The van der Waals surface area contributed by atoms with Crippen LogP contribution >= 0.6 is 0 Å². The van der Waals surface area contributed by atoms with Crippen molar-refractivity contribution < 1.29 is 18.0 Å². The Labute approximate surface area is 124 Å². The molecule has 0 radical (unpaired) electrons. The third-order valence-corrected chi connectivity index (χ3v) is 5.22. The number of amides is 1. The quantitative estimate of drug-likeness (QED) is 0.842. The monoisotopic (exact) mass is 306 g/mol. The molecule has 3 unspecified atom stereocenters. The molecule has 1 aliphatic carbocycles. The van der Waals surface area contributed by atoms with Gasteiger partial charge in [-0.2, -0.15) is 13.2 Å². The van der Waals surface area contributed by atoms with Gasteiger partial charge in [-0.05, 0) is 38.1 Å². The van der Waals surface area contributed by atoms with E-state index >= 15 is 0 Å². The van der Waals surface area contributed by atoms with Crippen LogP contribution < -0.4 is 10.6 Å². The topological polar surface area (TPSA) is 41.1 Å². The van der Waals surface area contributed by atoms with Gasteiger partial charge < -0.3 is 10.6 Å². The van der Waals surface area contributed by atoms with E-state index < -0.39 is 17.5 Å². The van der Waals surface area contributed by atoms with Crippen LogP contribution in [0.3, 0.4) is 0 Å². The normalized spacial score (nSPS) is 34.2. The Hall–Kier alpha value is -0.780. The van der Waals surface area contributed by atoms with Crippen LogP contribution in [0, 0.1) is 17.3 Å². The number of hydrogen-bond donors (Lipinski definition) is 2. The minimum absolute atomic E-state index is 0.0246. The summed E-state index contributed by atoms with van der Waals surface area (Å²) in [5, 5.41) is 6.11. The fourth-order valence-corrected chi connectivity index (χ4v) is 3.61. The fraction of sp³-hybridized carbons (Fsp3) is 0.933. The highest BCUT2D eigenvalue weighted by atomic mass is 19.4. The molecule has 3 nitrogen and oxygen atoms in total. The van der Waals surface area contributed by atoms with E-state index in [4.69, 9.17) is 0 Å². The molecule has 122 valence electrons. The number of rotatable bonds is 3. The Morgan fingerprint density at radius 1 is 1.33 bits per heavy atom. The summed E-state index contributed by atoms with van der Waals surface area (Å²) in [4.78, 5) is 12.6. The maximum Gasteiger partial charge on any atom is 0.391 e. The molecule has 1 aliphatic heterocycles. The van der Waals surface area contributed by atoms with Crippen LogP contribution in [-0.2, 0) is 4.79 Å². The Balaban J connectivity index is 1.99.